The van der Waals surface area contributed by atoms with E-state index in [0.717, 1.165) is 5.56 Å². The number of carbonyl (C=O) groups excluding carboxylic acids is 1. The number of Topliss-reactive ketones (excluding diaryl/α,β-unsaturated/α-hetero) is 1. The van der Waals surface area contributed by atoms with Crippen molar-refractivity contribution in [3.63, 3.8) is 0 Å². The minimum absolute atomic E-state index is 0.00688. The molecule has 0 radical (unpaired) electrons. The Bertz CT molecular complexity index is 466. The molecule has 4 heteroatoms. The maximum Gasteiger partial charge on any atom is 0.180 e. The van der Waals surface area contributed by atoms with Crippen molar-refractivity contribution in [2.24, 2.45) is 0 Å². The molecular weight excluding hydrogens is 240 g/mol. The average Bonchev–Trinajstić information content (AvgIpc) is 2.28. The molecule has 1 heterocycles. The van der Waals surface area contributed by atoms with E-state index in [4.69, 9.17) is 21.1 Å². The minimum Gasteiger partial charge on any atom is -0.486 e. The molecule has 1 aliphatic heterocycles. The molecule has 2 rings (SSSR count). The van der Waals surface area contributed by atoms with Gasteiger partial charge in [-0.25, -0.2) is 0 Å². The molecule has 0 N–H and O–H groups in total. The fourth-order valence-corrected chi connectivity index (χ4v) is 2.30. The standard InChI is InChI=1S/C13H15ClO3/c1-7(2)11-9(8(3)15)6-10(14)12-13(11)17-5-4-16-12/h6-7H,4-5H2,1-3H3. The Morgan fingerprint density at radius 1 is 1.29 bits per heavy atom. The molecule has 0 amide bonds. The molecule has 1 aliphatic rings. The van der Waals surface area contributed by atoms with Crippen LogP contribution in [-0.4, -0.2) is 19.0 Å². The van der Waals surface area contributed by atoms with Gasteiger partial charge < -0.3 is 9.47 Å². The molecule has 1 aromatic rings. The van der Waals surface area contributed by atoms with Crippen LogP contribution >= 0.6 is 11.6 Å². The van der Waals surface area contributed by atoms with E-state index in [2.05, 4.69) is 0 Å². The number of halogens is 1. The van der Waals surface area contributed by atoms with Crippen LogP contribution in [0, 0.1) is 0 Å². The van der Waals surface area contributed by atoms with E-state index in [0.29, 0.717) is 35.3 Å². The molecule has 3 nitrogen and oxygen atoms in total. The van der Waals surface area contributed by atoms with Crippen LogP contribution in [0.5, 0.6) is 11.5 Å². The first-order valence-corrected chi connectivity index (χ1v) is 6.03. The second-order valence-corrected chi connectivity index (χ2v) is 4.79. The van der Waals surface area contributed by atoms with Crippen LogP contribution in [0.1, 0.15) is 42.6 Å². The van der Waals surface area contributed by atoms with E-state index < -0.39 is 0 Å². The lowest BCUT2D eigenvalue weighted by Crippen LogP contribution is -2.18. The second-order valence-electron chi connectivity index (χ2n) is 4.39. The molecule has 92 valence electrons. The van der Waals surface area contributed by atoms with Gasteiger partial charge in [0, 0.05) is 11.1 Å². The predicted octanol–water partition coefficient (Wildman–Crippen LogP) is 3.44. The van der Waals surface area contributed by atoms with E-state index in [1.54, 1.807) is 6.07 Å². The van der Waals surface area contributed by atoms with Gasteiger partial charge >= 0.3 is 0 Å². The van der Waals surface area contributed by atoms with Gasteiger partial charge in [0.25, 0.3) is 0 Å². The van der Waals surface area contributed by atoms with Crippen molar-refractivity contribution in [1.29, 1.82) is 0 Å². The van der Waals surface area contributed by atoms with E-state index in [9.17, 15) is 4.79 Å². The molecule has 0 fully saturated rings. The first-order valence-electron chi connectivity index (χ1n) is 5.65. The molecule has 1 aromatic carbocycles. The highest BCUT2D eigenvalue weighted by molar-refractivity contribution is 6.32. The summed E-state index contributed by atoms with van der Waals surface area (Å²) in [4.78, 5) is 11.7. The number of rotatable bonds is 2. The van der Waals surface area contributed by atoms with E-state index in [1.807, 2.05) is 13.8 Å². The normalized spacial score (nSPS) is 13.9. The fourth-order valence-electron chi connectivity index (χ4n) is 2.05. The predicted molar refractivity (Wildman–Crippen MR) is 66.5 cm³/mol. The number of carbonyl (C=O) groups is 1. The van der Waals surface area contributed by atoms with E-state index in [-0.39, 0.29) is 11.7 Å². The highest BCUT2D eigenvalue weighted by atomic mass is 35.5. The van der Waals surface area contributed by atoms with Crippen molar-refractivity contribution in [3.05, 3.63) is 22.2 Å². The third-order valence-corrected chi connectivity index (χ3v) is 3.04. The highest BCUT2D eigenvalue weighted by Crippen LogP contribution is 2.44. The summed E-state index contributed by atoms with van der Waals surface area (Å²) >= 11 is 6.11. The van der Waals surface area contributed by atoms with Crippen LogP contribution in [0.3, 0.4) is 0 Å². The lowest BCUT2D eigenvalue weighted by atomic mass is 9.93. The number of benzene rings is 1. The van der Waals surface area contributed by atoms with Gasteiger partial charge in [-0.15, -0.1) is 0 Å². The summed E-state index contributed by atoms with van der Waals surface area (Å²) in [5, 5.41) is 0.439. The summed E-state index contributed by atoms with van der Waals surface area (Å²) < 4.78 is 11.1. The van der Waals surface area contributed by atoms with Crippen molar-refractivity contribution in [3.8, 4) is 11.5 Å². The highest BCUT2D eigenvalue weighted by Gasteiger charge is 2.25. The Balaban J connectivity index is 2.71. The number of fused-ring (bicyclic) bond motifs is 1. The SMILES string of the molecule is CC(=O)c1cc(Cl)c2c(c1C(C)C)OCCO2. The monoisotopic (exact) mass is 254 g/mol. The summed E-state index contributed by atoms with van der Waals surface area (Å²) in [6, 6.07) is 1.67. The molecule has 0 aliphatic carbocycles. The zero-order valence-electron chi connectivity index (χ0n) is 10.2. The van der Waals surface area contributed by atoms with Gasteiger partial charge in [0.05, 0.1) is 5.02 Å². The molecule has 0 spiro atoms. The van der Waals surface area contributed by atoms with Gasteiger partial charge in [0.15, 0.2) is 17.3 Å². The van der Waals surface area contributed by atoms with Crippen LogP contribution < -0.4 is 9.47 Å². The Hall–Kier alpha value is -1.22. The number of hydrogen-bond donors (Lipinski definition) is 0. The lowest BCUT2D eigenvalue weighted by Gasteiger charge is -2.25. The molecule has 17 heavy (non-hydrogen) atoms. The number of hydrogen-bond acceptors (Lipinski definition) is 3. The Morgan fingerprint density at radius 3 is 2.41 bits per heavy atom. The van der Waals surface area contributed by atoms with Crippen LogP contribution in [0.2, 0.25) is 5.02 Å². The van der Waals surface area contributed by atoms with Crippen LogP contribution in [0.15, 0.2) is 6.07 Å². The average molecular weight is 255 g/mol. The molecule has 0 aromatic heterocycles. The smallest absolute Gasteiger partial charge is 0.180 e. The van der Waals surface area contributed by atoms with Crippen molar-refractivity contribution in [1.82, 2.24) is 0 Å². The summed E-state index contributed by atoms with van der Waals surface area (Å²) in [6.45, 7) is 6.56. The van der Waals surface area contributed by atoms with Gasteiger partial charge in [-0.2, -0.15) is 0 Å². The molecule has 0 saturated carbocycles. The second kappa shape index (κ2) is 4.57. The summed E-state index contributed by atoms with van der Waals surface area (Å²) in [6.07, 6.45) is 0. The molecular formula is C13H15ClO3. The largest absolute Gasteiger partial charge is 0.486 e. The van der Waals surface area contributed by atoms with Gasteiger partial charge in [-0.3, -0.25) is 4.79 Å². The molecule has 0 bridgehead atoms. The number of ether oxygens (including phenoxy) is 2. The topological polar surface area (TPSA) is 35.5 Å². The van der Waals surface area contributed by atoms with Crippen molar-refractivity contribution in [2.75, 3.05) is 13.2 Å². The maximum absolute atomic E-state index is 11.7. The Morgan fingerprint density at radius 2 is 1.88 bits per heavy atom. The van der Waals surface area contributed by atoms with E-state index >= 15 is 0 Å². The molecule has 0 saturated heterocycles. The lowest BCUT2D eigenvalue weighted by molar-refractivity contribution is 0.101. The number of ketones is 1. The zero-order chi connectivity index (χ0) is 12.6. The zero-order valence-corrected chi connectivity index (χ0v) is 10.9. The summed E-state index contributed by atoms with van der Waals surface area (Å²) in [5.74, 6) is 1.37. The molecule has 0 atom stereocenters. The van der Waals surface area contributed by atoms with Crippen LogP contribution in [0.25, 0.3) is 0 Å². The Kier molecular flexibility index (Phi) is 3.29. The Labute approximate surface area is 106 Å². The third kappa shape index (κ3) is 2.12. The molecule has 0 unspecified atom stereocenters. The minimum atomic E-state index is -0.00688. The van der Waals surface area contributed by atoms with Crippen LogP contribution in [0.4, 0.5) is 0 Å². The quantitative estimate of drug-likeness (QED) is 0.759. The van der Waals surface area contributed by atoms with Crippen molar-refractivity contribution >= 4 is 17.4 Å². The van der Waals surface area contributed by atoms with Gasteiger partial charge in [0.2, 0.25) is 0 Å². The summed E-state index contributed by atoms with van der Waals surface area (Å²) in [5.41, 5.74) is 1.51. The van der Waals surface area contributed by atoms with Gasteiger partial charge in [0.1, 0.15) is 13.2 Å². The maximum atomic E-state index is 11.7. The summed E-state index contributed by atoms with van der Waals surface area (Å²) in [7, 11) is 0. The van der Waals surface area contributed by atoms with Gasteiger partial charge in [-0.1, -0.05) is 25.4 Å². The fraction of sp³-hybridized carbons (Fsp3) is 0.462. The first-order chi connectivity index (χ1) is 8.02. The van der Waals surface area contributed by atoms with E-state index in [1.165, 1.54) is 6.92 Å². The third-order valence-electron chi connectivity index (χ3n) is 2.76. The van der Waals surface area contributed by atoms with Gasteiger partial charge in [-0.05, 0) is 18.9 Å². The van der Waals surface area contributed by atoms with Crippen LogP contribution in [-0.2, 0) is 0 Å². The first kappa shape index (κ1) is 12.2. The van der Waals surface area contributed by atoms with Crippen molar-refractivity contribution < 1.29 is 14.3 Å². The van der Waals surface area contributed by atoms with Crippen molar-refractivity contribution in [2.45, 2.75) is 26.7 Å².